The Hall–Kier alpha value is -0.810. The van der Waals surface area contributed by atoms with E-state index in [9.17, 15) is 4.79 Å². The molecule has 0 aliphatic rings. The van der Waals surface area contributed by atoms with Crippen molar-refractivity contribution >= 4 is 5.94 Å². The fourth-order valence-electron chi connectivity index (χ4n) is 0.526. The van der Waals surface area contributed by atoms with Crippen molar-refractivity contribution in [3.63, 3.8) is 0 Å². The minimum Gasteiger partial charge on any atom is -0.234 e. The van der Waals surface area contributed by atoms with E-state index in [-0.39, 0.29) is 0 Å². The summed E-state index contributed by atoms with van der Waals surface area (Å²) in [7, 11) is 0. The van der Waals surface area contributed by atoms with E-state index in [0.717, 1.165) is 6.42 Å². The first-order valence-electron chi connectivity index (χ1n) is 3.27. The Bertz CT molecular complexity index is 119. The molecular formula is C8H12O. The van der Waals surface area contributed by atoms with Crippen LogP contribution in [0.15, 0.2) is 18.2 Å². The van der Waals surface area contributed by atoms with Gasteiger partial charge in [-0.2, -0.15) is 0 Å². The molecule has 0 spiro atoms. The number of carbonyl (C=O) groups excluding carboxylic acids is 1. The number of hydrogen-bond donors (Lipinski definition) is 0. The molecule has 0 aromatic carbocycles. The largest absolute Gasteiger partial charge is 0.234 e. The van der Waals surface area contributed by atoms with Crippen LogP contribution >= 0.6 is 0 Å². The van der Waals surface area contributed by atoms with E-state index in [1.54, 1.807) is 12.0 Å². The van der Waals surface area contributed by atoms with E-state index >= 15 is 0 Å². The molecule has 0 aromatic heterocycles. The molecule has 0 atom stereocenters. The number of rotatable bonds is 4. The molecule has 50 valence electrons. The summed E-state index contributed by atoms with van der Waals surface area (Å²) in [4.78, 5) is 9.61. The lowest BCUT2D eigenvalue weighted by Crippen LogP contribution is -1.64. The maximum Gasteiger partial charge on any atom is 0.124 e. The maximum atomic E-state index is 9.61. The molecule has 9 heavy (non-hydrogen) atoms. The molecule has 0 saturated carbocycles. The van der Waals surface area contributed by atoms with Crippen molar-refractivity contribution in [3.8, 4) is 0 Å². The van der Waals surface area contributed by atoms with Gasteiger partial charge in [-0.05, 0) is 6.42 Å². The molecule has 1 heteroatoms. The molecule has 0 unspecified atom stereocenters. The summed E-state index contributed by atoms with van der Waals surface area (Å²) >= 11 is 0. The first-order valence-corrected chi connectivity index (χ1v) is 3.27. The van der Waals surface area contributed by atoms with Crippen molar-refractivity contribution in [1.82, 2.24) is 0 Å². The second kappa shape index (κ2) is 7.19. The van der Waals surface area contributed by atoms with Gasteiger partial charge in [0.05, 0.1) is 0 Å². The Morgan fingerprint density at radius 3 is 2.89 bits per heavy atom. The molecule has 1 nitrogen and oxygen atoms in total. The minimum atomic E-state index is 1.06. The zero-order valence-corrected chi connectivity index (χ0v) is 5.76. The fraction of sp³-hybridized carbons (Fsp3) is 0.500. The highest BCUT2D eigenvalue weighted by Crippen LogP contribution is 1.93. The zero-order valence-electron chi connectivity index (χ0n) is 5.76. The highest BCUT2D eigenvalue weighted by Gasteiger charge is 1.74. The van der Waals surface area contributed by atoms with Crippen molar-refractivity contribution < 1.29 is 4.79 Å². The van der Waals surface area contributed by atoms with Gasteiger partial charge in [-0.1, -0.05) is 31.9 Å². The van der Waals surface area contributed by atoms with Crippen LogP contribution < -0.4 is 0 Å². The van der Waals surface area contributed by atoms with Crippen LogP contribution in [-0.4, -0.2) is 5.94 Å². The van der Waals surface area contributed by atoms with Gasteiger partial charge < -0.3 is 0 Å². The molecule has 0 aliphatic carbocycles. The summed E-state index contributed by atoms with van der Waals surface area (Å²) in [5.74, 6) is 1.68. The molecule has 0 rings (SSSR count). The molecule has 0 amide bonds. The molecule has 0 N–H and O–H groups in total. The number of allylic oxidation sites excluding steroid dienone is 3. The van der Waals surface area contributed by atoms with Crippen LogP contribution in [0.25, 0.3) is 0 Å². The summed E-state index contributed by atoms with van der Waals surface area (Å²) < 4.78 is 0. The third kappa shape index (κ3) is 7.19. The van der Waals surface area contributed by atoms with E-state index < -0.39 is 0 Å². The number of hydrogen-bond acceptors (Lipinski definition) is 1. The lowest BCUT2D eigenvalue weighted by atomic mass is 10.2. The Balaban J connectivity index is 3.14. The summed E-state index contributed by atoms with van der Waals surface area (Å²) in [6.45, 7) is 2.14. The predicted octanol–water partition coefficient (Wildman–Crippen LogP) is 2.12. The summed E-state index contributed by atoms with van der Waals surface area (Å²) in [5.41, 5.74) is 0. The van der Waals surface area contributed by atoms with Crippen LogP contribution in [0.1, 0.15) is 26.2 Å². The predicted molar refractivity (Wildman–Crippen MR) is 38.9 cm³/mol. The SMILES string of the molecule is CCCC/C=C/C=C=O. The Morgan fingerprint density at radius 2 is 2.33 bits per heavy atom. The highest BCUT2D eigenvalue weighted by molar-refractivity contribution is 5.48. The molecular weight excluding hydrogens is 112 g/mol. The Morgan fingerprint density at radius 1 is 1.56 bits per heavy atom. The summed E-state index contributed by atoms with van der Waals surface area (Å²) in [6, 6.07) is 0. The fourth-order valence-corrected chi connectivity index (χ4v) is 0.526. The van der Waals surface area contributed by atoms with Crippen molar-refractivity contribution in [2.24, 2.45) is 0 Å². The van der Waals surface area contributed by atoms with Crippen LogP contribution in [0.4, 0.5) is 0 Å². The average Bonchev–Trinajstić information content (AvgIpc) is 1.89. The quantitative estimate of drug-likeness (QED) is 0.319. The van der Waals surface area contributed by atoms with E-state index in [1.807, 2.05) is 6.08 Å². The second-order valence-corrected chi connectivity index (χ2v) is 1.85. The normalized spacial score (nSPS) is 9.44. The lowest BCUT2D eigenvalue weighted by Gasteiger charge is -1.83. The summed E-state index contributed by atoms with van der Waals surface area (Å²) in [6.07, 6.45) is 8.57. The highest BCUT2D eigenvalue weighted by atomic mass is 16.1. The third-order valence-corrected chi connectivity index (χ3v) is 1.02. The van der Waals surface area contributed by atoms with Gasteiger partial charge in [0, 0.05) is 6.08 Å². The van der Waals surface area contributed by atoms with Crippen LogP contribution in [-0.2, 0) is 4.79 Å². The molecule has 0 aliphatic heterocycles. The first kappa shape index (κ1) is 8.19. The van der Waals surface area contributed by atoms with Crippen molar-refractivity contribution in [2.75, 3.05) is 0 Å². The van der Waals surface area contributed by atoms with Gasteiger partial charge in [-0.25, -0.2) is 4.79 Å². The standard InChI is InChI=1S/C8H12O/c1-2-3-4-5-6-7-8-9/h5-7H,2-4H2,1H3/b6-5+. The van der Waals surface area contributed by atoms with Gasteiger partial charge >= 0.3 is 0 Å². The molecule has 0 radical (unpaired) electrons. The van der Waals surface area contributed by atoms with E-state index in [0.29, 0.717) is 0 Å². The van der Waals surface area contributed by atoms with E-state index in [4.69, 9.17) is 0 Å². The van der Waals surface area contributed by atoms with Gasteiger partial charge in [0.15, 0.2) is 0 Å². The third-order valence-electron chi connectivity index (χ3n) is 1.02. The molecule has 0 saturated heterocycles. The second-order valence-electron chi connectivity index (χ2n) is 1.85. The topological polar surface area (TPSA) is 17.1 Å². The zero-order chi connectivity index (χ0) is 6.95. The van der Waals surface area contributed by atoms with Crippen molar-refractivity contribution in [3.05, 3.63) is 18.2 Å². The van der Waals surface area contributed by atoms with Gasteiger partial charge in [-0.3, -0.25) is 0 Å². The monoisotopic (exact) mass is 124 g/mol. The van der Waals surface area contributed by atoms with Gasteiger partial charge in [0.1, 0.15) is 5.94 Å². The molecule has 0 aromatic rings. The first-order chi connectivity index (χ1) is 4.41. The molecule has 0 bridgehead atoms. The van der Waals surface area contributed by atoms with E-state index in [2.05, 4.69) is 6.92 Å². The van der Waals surface area contributed by atoms with Crippen molar-refractivity contribution in [2.45, 2.75) is 26.2 Å². The van der Waals surface area contributed by atoms with Crippen molar-refractivity contribution in [1.29, 1.82) is 0 Å². The van der Waals surface area contributed by atoms with Gasteiger partial charge in [-0.15, -0.1) is 0 Å². The van der Waals surface area contributed by atoms with Crippen LogP contribution in [0, 0.1) is 0 Å². The van der Waals surface area contributed by atoms with Crippen LogP contribution in [0.5, 0.6) is 0 Å². The lowest BCUT2D eigenvalue weighted by molar-refractivity contribution is 0.569. The van der Waals surface area contributed by atoms with Crippen LogP contribution in [0.2, 0.25) is 0 Å². The molecule has 0 heterocycles. The van der Waals surface area contributed by atoms with Crippen LogP contribution in [0.3, 0.4) is 0 Å². The summed E-state index contributed by atoms with van der Waals surface area (Å²) in [5, 5.41) is 0. The average molecular weight is 124 g/mol. The minimum absolute atomic E-state index is 1.06. The smallest absolute Gasteiger partial charge is 0.124 e. The van der Waals surface area contributed by atoms with Gasteiger partial charge in [0.2, 0.25) is 0 Å². The van der Waals surface area contributed by atoms with E-state index in [1.165, 1.54) is 18.9 Å². The van der Waals surface area contributed by atoms with Gasteiger partial charge in [0.25, 0.3) is 0 Å². The molecule has 0 fully saturated rings. The Labute approximate surface area is 56.1 Å². The Kier molecular flexibility index (Phi) is 6.54. The number of unbranched alkanes of at least 4 members (excludes halogenated alkanes) is 2. The maximum absolute atomic E-state index is 9.61.